The summed E-state index contributed by atoms with van der Waals surface area (Å²) < 4.78 is 6.27. The van der Waals surface area contributed by atoms with Crippen LogP contribution in [0.15, 0.2) is 24.3 Å². The van der Waals surface area contributed by atoms with E-state index in [1.54, 1.807) is 6.07 Å². The van der Waals surface area contributed by atoms with Crippen molar-refractivity contribution in [1.82, 2.24) is 4.90 Å². The summed E-state index contributed by atoms with van der Waals surface area (Å²) in [5.74, 6) is 1.61. The normalized spacial score (nSPS) is 31.3. The Balaban J connectivity index is 0.00000196. The molecule has 26 heavy (non-hydrogen) atoms. The Morgan fingerprint density at radius 2 is 1.92 bits per heavy atom. The predicted molar refractivity (Wildman–Crippen MR) is 106 cm³/mol. The lowest BCUT2D eigenvalue weighted by atomic mass is 9.62. The van der Waals surface area contributed by atoms with E-state index in [1.165, 1.54) is 45.1 Å². The molecule has 1 unspecified atom stereocenters. The number of benzene rings is 1. The Labute approximate surface area is 162 Å². The second kappa shape index (κ2) is 7.87. The zero-order valence-corrected chi connectivity index (χ0v) is 16.5. The number of hydrogen-bond acceptors (Lipinski definition) is 3. The number of likely N-dealkylation sites (tertiary alicyclic amines) is 1. The predicted octanol–water partition coefficient (Wildman–Crippen LogP) is 3.58. The number of amides is 1. The molecule has 1 saturated heterocycles. The van der Waals surface area contributed by atoms with Gasteiger partial charge in [-0.2, -0.15) is 0 Å². The fourth-order valence-electron chi connectivity index (χ4n) is 5.32. The van der Waals surface area contributed by atoms with Crippen molar-refractivity contribution in [2.75, 3.05) is 26.7 Å². The Morgan fingerprint density at radius 1 is 1.23 bits per heavy atom. The number of fused-ring (bicyclic) bond motifs is 2. The molecule has 0 spiro atoms. The van der Waals surface area contributed by atoms with E-state index in [4.69, 9.17) is 10.5 Å². The number of methoxy groups -OCH3 is 1. The molecule has 3 fully saturated rings. The number of ether oxygens (including phenoxy) is 1. The third kappa shape index (κ3) is 3.51. The minimum absolute atomic E-state index is 0. The average Bonchev–Trinajstić information content (AvgIpc) is 3.43. The molecular weight excluding hydrogens is 348 g/mol. The first kappa shape index (κ1) is 19.7. The number of nitrogens with zero attached hydrogens (tertiary/aromatic N) is 1. The number of carbonyl (C=O) groups excluding carboxylic acids is 1. The molecule has 4 nitrogen and oxygen atoms in total. The molecule has 144 valence electrons. The van der Waals surface area contributed by atoms with Gasteiger partial charge in [0, 0.05) is 37.6 Å². The SMILES string of the molecule is COC1(c2cccc(C(N)=O)c2)[C@@H]2CCC[C@H]1CN(CCC1CC1)C2.Cl. The van der Waals surface area contributed by atoms with E-state index in [-0.39, 0.29) is 23.9 Å². The highest BCUT2D eigenvalue weighted by atomic mass is 35.5. The van der Waals surface area contributed by atoms with E-state index in [1.807, 2.05) is 19.2 Å². The molecule has 3 atom stereocenters. The topological polar surface area (TPSA) is 55.6 Å². The smallest absolute Gasteiger partial charge is 0.248 e. The molecule has 4 rings (SSSR count). The standard InChI is InChI=1S/C21H30N2O2.ClH/c1-25-21(17-5-2-4-16(12-17)20(22)24)18-6-3-7-19(21)14-23(13-18)11-10-15-8-9-15;/h2,4-5,12,15,18-19H,3,6-11,13-14H2,1H3,(H2,22,24);1H/t18-,19+,21?;. The summed E-state index contributed by atoms with van der Waals surface area (Å²) in [6.45, 7) is 3.45. The molecule has 1 heterocycles. The average molecular weight is 379 g/mol. The molecule has 5 heteroatoms. The monoisotopic (exact) mass is 378 g/mol. The minimum atomic E-state index is -0.361. The summed E-state index contributed by atoms with van der Waals surface area (Å²) in [5.41, 5.74) is 6.98. The van der Waals surface area contributed by atoms with Gasteiger partial charge in [0.1, 0.15) is 5.60 Å². The fourth-order valence-corrected chi connectivity index (χ4v) is 5.32. The fraction of sp³-hybridized carbons (Fsp3) is 0.667. The number of halogens is 1. The maximum absolute atomic E-state index is 11.7. The van der Waals surface area contributed by atoms with Gasteiger partial charge in [-0.25, -0.2) is 0 Å². The van der Waals surface area contributed by atoms with E-state index in [2.05, 4.69) is 11.0 Å². The third-order valence-corrected chi connectivity index (χ3v) is 6.76. The van der Waals surface area contributed by atoms with Gasteiger partial charge in [-0.15, -0.1) is 12.4 Å². The van der Waals surface area contributed by atoms with E-state index in [0.717, 1.165) is 24.6 Å². The van der Waals surface area contributed by atoms with Crippen molar-refractivity contribution in [3.05, 3.63) is 35.4 Å². The van der Waals surface area contributed by atoms with Gasteiger partial charge in [-0.1, -0.05) is 31.4 Å². The van der Waals surface area contributed by atoms with Crippen LogP contribution in [0.4, 0.5) is 0 Å². The molecule has 1 aromatic rings. The van der Waals surface area contributed by atoms with Crippen LogP contribution >= 0.6 is 12.4 Å². The summed E-state index contributed by atoms with van der Waals surface area (Å²) in [7, 11) is 1.85. The lowest BCUT2D eigenvalue weighted by molar-refractivity contribution is -0.169. The second-order valence-electron chi connectivity index (χ2n) is 8.26. The number of nitrogens with two attached hydrogens (primary N) is 1. The van der Waals surface area contributed by atoms with Crippen molar-refractivity contribution < 1.29 is 9.53 Å². The quantitative estimate of drug-likeness (QED) is 0.823. The van der Waals surface area contributed by atoms with Crippen LogP contribution in [0.1, 0.15) is 54.4 Å². The molecule has 2 aliphatic carbocycles. The van der Waals surface area contributed by atoms with Gasteiger partial charge in [0.15, 0.2) is 0 Å². The molecule has 1 aliphatic heterocycles. The Bertz CT molecular complexity index is 633. The maximum Gasteiger partial charge on any atom is 0.248 e. The molecule has 2 bridgehead atoms. The molecule has 1 amide bonds. The van der Waals surface area contributed by atoms with Crippen molar-refractivity contribution in [3.8, 4) is 0 Å². The van der Waals surface area contributed by atoms with Crippen LogP contribution < -0.4 is 5.73 Å². The largest absolute Gasteiger partial charge is 0.373 e. The maximum atomic E-state index is 11.7. The lowest BCUT2D eigenvalue weighted by Crippen LogP contribution is -2.59. The van der Waals surface area contributed by atoms with Gasteiger partial charge < -0.3 is 15.4 Å². The number of rotatable bonds is 6. The Kier molecular flexibility index (Phi) is 5.95. The van der Waals surface area contributed by atoms with Crippen molar-refractivity contribution in [1.29, 1.82) is 0 Å². The van der Waals surface area contributed by atoms with Crippen LogP contribution in [-0.4, -0.2) is 37.6 Å². The summed E-state index contributed by atoms with van der Waals surface area (Å²) >= 11 is 0. The van der Waals surface area contributed by atoms with Crippen molar-refractivity contribution in [2.45, 2.75) is 44.1 Å². The van der Waals surface area contributed by atoms with Crippen LogP contribution in [0.25, 0.3) is 0 Å². The molecule has 0 radical (unpaired) electrons. The number of piperidine rings is 1. The molecule has 0 aromatic heterocycles. The van der Waals surface area contributed by atoms with Crippen LogP contribution in [0.3, 0.4) is 0 Å². The minimum Gasteiger partial charge on any atom is -0.373 e. The summed E-state index contributed by atoms with van der Waals surface area (Å²) in [5, 5.41) is 0. The highest BCUT2D eigenvalue weighted by Crippen LogP contribution is 2.51. The molecular formula is C21H31ClN2O2. The number of carbonyl (C=O) groups is 1. The lowest BCUT2D eigenvalue weighted by Gasteiger charge is -2.55. The first-order chi connectivity index (χ1) is 12.1. The molecule has 2 N–H and O–H groups in total. The van der Waals surface area contributed by atoms with Crippen molar-refractivity contribution in [2.24, 2.45) is 23.5 Å². The number of hydrogen-bond donors (Lipinski definition) is 1. The van der Waals surface area contributed by atoms with Gasteiger partial charge >= 0.3 is 0 Å². The summed E-state index contributed by atoms with van der Waals surface area (Å²) in [6, 6.07) is 7.85. The summed E-state index contributed by atoms with van der Waals surface area (Å²) in [4.78, 5) is 14.3. The van der Waals surface area contributed by atoms with Gasteiger partial charge in [0.25, 0.3) is 0 Å². The van der Waals surface area contributed by atoms with E-state index in [0.29, 0.717) is 17.4 Å². The molecule has 3 aliphatic rings. The van der Waals surface area contributed by atoms with Crippen LogP contribution in [-0.2, 0) is 10.3 Å². The van der Waals surface area contributed by atoms with Crippen molar-refractivity contribution in [3.63, 3.8) is 0 Å². The van der Waals surface area contributed by atoms with E-state index < -0.39 is 0 Å². The van der Waals surface area contributed by atoms with Gasteiger partial charge in [-0.3, -0.25) is 4.79 Å². The molecule has 2 saturated carbocycles. The molecule has 1 aromatic carbocycles. The van der Waals surface area contributed by atoms with Gasteiger partial charge in [0.2, 0.25) is 5.91 Å². The zero-order chi connectivity index (χ0) is 17.4. The summed E-state index contributed by atoms with van der Waals surface area (Å²) in [6.07, 6.45) is 7.91. The first-order valence-electron chi connectivity index (χ1n) is 9.81. The van der Waals surface area contributed by atoms with Crippen molar-refractivity contribution >= 4 is 18.3 Å². The third-order valence-electron chi connectivity index (χ3n) is 6.76. The Hall–Kier alpha value is -1.10. The van der Waals surface area contributed by atoms with Crippen LogP contribution in [0.5, 0.6) is 0 Å². The Morgan fingerprint density at radius 3 is 2.50 bits per heavy atom. The number of primary amides is 1. The first-order valence-corrected chi connectivity index (χ1v) is 9.81. The second-order valence-corrected chi connectivity index (χ2v) is 8.26. The van der Waals surface area contributed by atoms with Crippen LogP contribution in [0, 0.1) is 17.8 Å². The van der Waals surface area contributed by atoms with E-state index >= 15 is 0 Å². The van der Waals surface area contributed by atoms with Gasteiger partial charge in [0.05, 0.1) is 0 Å². The highest BCUT2D eigenvalue weighted by molar-refractivity contribution is 5.92. The zero-order valence-electron chi connectivity index (χ0n) is 15.7. The van der Waals surface area contributed by atoms with E-state index in [9.17, 15) is 4.79 Å². The van der Waals surface area contributed by atoms with Gasteiger partial charge in [-0.05, 0) is 49.4 Å². The van der Waals surface area contributed by atoms with Crippen LogP contribution in [0.2, 0.25) is 0 Å². The highest BCUT2D eigenvalue weighted by Gasteiger charge is 2.53.